The lowest BCUT2D eigenvalue weighted by Crippen LogP contribution is -2.19. The lowest BCUT2D eigenvalue weighted by molar-refractivity contribution is -0.121. The summed E-state index contributed by atoms with van der Waals surface area (Å²) in [5, 5.41) is 0. The van der Waals surface area contributed by atoms with Crippen LogP contribution >= 0.6 is 0 Å². The zero-order valence-corrected chi connectivity index (χ0v) is 12.4. The lowest BCUT2D eigenvalue weighted by atomic mass is 9.80. The molecular formula is C17H25NO. The van der Waals surface area contributed by atoms with Crippen LogP contribution < -0.4 is 4.90 Å². The first-order valence-electron chi connectivity index (χ1n) is 7.37. The smallest absolute Gasteiger partial charge is 0.133 e. The van der Waals surface area contributed by atoms with Crippen LogP contribution in [0.15, 0.2) is 24.3 Å². The Morgan fingerprint density at radius 3 is 2.26 bits per heavy atom. The minimum absolute atomic E-state index is 0.229. The molecule has 0 saturated heterocycles. The molecule has 2 atom stereocenters. The van der Waals surface area contributed by atoms with Crippen molar-refractivity contribution in [3.8, 4) is 0 Å². The van der Waals surface area contributed by atoms with E-state index in [1.54, 1.807) is 6.92 Å². The maximum absolute atomic E-state index is 11.9. The Kier molecular flexibility index (Phi) is 4.62. The minimum Gasteiger partial charge on any atom is -0.378 e. The van der Waals surface area contributed by atoms with E-state index >= 15 is 0 Å². The van der Waals surface area contributed by atoms with E-state index in [0.717, 1.165) is 12.8 Å². The monoisotopic (exact) mass is 259 g/mol. The van der Waals surface area contributed by atoms with Gasteiger partial charge in [0.05, 0.1) is 0 Å². The molecule has 0 spiro atoms. The first kappa shape index (κ1) is 14.1. The van der Waals surface area contributed by atoms with Crippen molar-refractivity contribution in [2.24, 2.45) is 5.92 Å². The number of Topliss-reactive ketones (excluding diaryl/α,β-unsaturated/α-hetero) is 1. The summed E-state index contributed by atoms with van der Waals surface area (Å²) in [7, 11) is 4.11. The molecular weight excluding hydrogens is 234 g/mol. The van der Waals surface area contributed by atoms with E-state index in [1.807, 2.05) is 0 Å². The third kappa shape index (κ3) is 3.37. The van der Waals surface area contributed by atoms with E-state index < -0.39 is 0 Å². The summed E-state index contributed by atoms with van der Waals surface area (Å²) in [6.45, 7) is 1.76. The third-order valence-electron chi connectivity index (χ3n) is 4.38. The number of ketones is 1. The average molecular weight is 259 g/mol. The predicted molar refractivity (Wildman–Crippen MR) is 80.8 cm³/mol. The molecule has 1 aliphatic carbocycles. The van der Waals surface area contributed by atoms with Gasteiger partial charge in [0.2, 0.25) is 0 Å². The molecule has 0 aliphatic heterocycles. The molecule has 1 aromatic carbocycles. The summed E-state index contributed by atoms with van der Waals surface area (Å²) in [6.07, 6.45) is 5.96. The quantitative estimate of drug-likeness (QED) is 0.765. The van der Waals surface area contributed by atoms with Crippen molar-refractivity contribution in [2.75, 3.05) is 19.0 Å². The van der Waals surface area contributed by atoms with Gasteiger partial charge in [-0.3, -0.25) is 4.79 Å². The molecule has 1 saturated carbocycles. The van der Waals surface area contributed by atoms with Crippen LogP contribution in [0.3, 0.4) is 0 Å². The van der Waals surface area contributed by atoms with Crippen molar-refractivity contribution in [1.82, 2.24) is 0 Å². The Bertz CT molecular complexity index is 421. The van der Waals surface area contributed by atoms with Crippen molar-refractivity contribution in [3.05, 3.63) is 29.8 Å². The second kappa shape index (κ2) is 6.23. The van der Waals surface area contributed by atoms with Crippen LogP contribution in [-0.4, -0.2) is 19.9 Å². The molecule has 0 amide bonds. The summed E-state index contributed by atoms with van der Waals surface area (Å²) in [5.74, 6) is 1.02. The summed E-state index contributed by atoms with van der Waals surface area (Å²) < 4.78 is 0. The summed E-state index contributed by atoms with van der Waals surface area (Å²) in [6, 6.07) is 8.75. The van der Waals surface area contributed by atoms with Crippen LogP contribution in [0.2, 0.25) is 0 Å². The molecule has 2 heteroatoms. The standard InChI is InChI=1S/C17H25NO/c1-13(19)16-7-5-4-6-8-17(16)14-9-11-15(12-10-14)18(2)3/h9-12,16-17H,4-8H2,1-3H3. The summed E-state index contributed by atoms with van der Waals surface area (Å²) in [5.41, 5.74) is 2.56. The Labute approximate surface area is 116 Å². The van der Waals surface area contributed by atoms with Crippen LogP contribution in [0.1, 0.15) is 50.5 Å². The maximum Gasteiger partial charge on any atom is 0.133 e. The van der Waals surface area contributed by atoms with Gasteiger partial charge in [-0.15, -0.1) is 0 Å². The third-order valence-corrected chi connectivity index (χ3v) is 4.38. The van der Waals surface area contributed by atoms with Gasteiger partial charge in [0.1, 0.15) is 5.78 Å². The maximum atomic E-state index is 11.9. The molecule has 2 nitrogen and oxygen atoms in total. The van der Waals surface area contributed by atoms with Gasteiger partial charge in [-0.25, -0.2) is 0 Å². The lowest BCUT2D eigenvalue weighted by Gasteiger charge is -2.24. The van der Waals surface area contributed by atoms with Crippen molar-refractivity contribution >= 4 is 11.5 Å². The molecule has 19 heavy (non-hydrogen) atoms. The Balaban J connectivity index is 2.23. The van der Waals surface area contributed by atoms with Crippen molar-refractivity contribution in [3.63, 3.8) is 0 Å². The molecule has 0 bridgehead atoms. The Hall–Kier alpha value is -1.31. The normalized spacial score (nSPS) is 23.7. The highest BCUT2D eigenvalue weighted by atomic mass is 16.1. The minimum atomic E-state index is 0.229. The van der Waals surface area contributed by atoms with Crippen molar-refractivity contribution < 1.29 is 4.79 Å². The molecule has 0 aromatic heterocycles. The molecule has 1 aliphatic rings. The van der Waals surface area contributed by atoms with Gasteiger partial charge in [-0.2, -0.15) is 0 Å². The van der Waals surface area contributed by atoms with E-state index in [4.69, 9.17) is 0 Å². The first-order chi connectivity index (χ1) is 9.09. The number of benzene rings is 1. The topological polar surface area (TPSA) is 20.3 Å². The number of carbonyl (C=O) groups is 1. The first-order valence-corrected chi connectivity index (χ1v) is 7.37. The van der Waals surface area contributed by atoms with E-state index in [9.17, 15) is 4.79 Å². The van der Waals surface area contributed by atoms with Crippen molar-refractivity contribution in [1.29, 1.82) is 0 Å². The van der Waals surface area contributed by atoms with Gasteiger partial charge in [0.25, 0.3) is 0 Å². The molecule has 1 fully saturated rings. The molecule has 2 unspecified atom stereocenters. The highest BCUT2D eigenvalue weighted by Crippen LogP contribution is 2.37. The Morgan fingerprint density at radius 2 is 1.68 bits per heavy atom. The fourth-order valence-electron chi connectivity index (χ4n) is 3.21. The van der Waals surface area contributed by atoms with Gasteiger partial charge < -0.3 is 4.90 Å². The predicted octanol–water partition coefficient (Wildman–Crippen LogP) is 4.01. The second-order valence-corrected chi connectivity index (χ2v) is 5.95. The summed E-state index contributed by atoms with van der Waals surface area (Å²) >= 11 is 0. The number of anilines is 1. The van der Waals surface area contributed by atoms with E-state index in [-0.39, 0.29) is 5.92 Å². The number of carbonyl (C=O) groups excluding carboxylic acids is 1. The van der Waals surface area contributed by atoms with Gasteiger partial charge in [0, 0.05) is 25.7 Å². The number of nitrogens with zero attached hydrogens (tertiary/aromatic N) is 1. The molecule has 2 rings (SSSR count). The SMILES string of the molecule is CC(=O)C1CCCCCC1c1ccc(N(C)C)cc1. The van der Waals surface area contributed by atoms with E-state index in [1.165, 1.54) is 30.5 Å². The van der Waals surface area contributed by atoms with Crippen LogP contribution in [0.25, 0.3) is 0 Å². The zero-order valence-electron chi connectivity index (χ0n) is 12.4. The number of hydrogen-bond acceptors (Lipinski definition) is 2. The van der Waals surface area contributed by atoms with Gasteiger partial charge >= 0.3 is 0 Å². The molecule has 0 N–H and O–H groups in total. The van der Waals surface area contributed by atoms with Crippen LogP contribution in [0.4, 0.5) is 5.69 Å². The molecule has 104 valence electrons. The largest absolute Gasteiger partial charge is 0.378 e. The van der Waals surface area contributed by atoms with Gasteiger partial charge in [-0.05, 0) is 43.4 Å². The highest BCUT2D eigenvalue weighted by molar-refractivity contribution is 5.79. The molecule has 0 radical (unpaired) electrons. The summed E-state index contributed by atoms with van der Waals surface area (Å²) in [4.78, 5) is 14.0. The van der Waals surface area contributed by atoms with E-state index in [2.05, 4.69) is 43.3 Å². The van der Waals surface area contributed by atoms with Crippen LogP contribution in [0.5, 0.6) is 0 Å². The average Bonchev–Trinajstić information content (AvgIpc) is 2.64. The Morgan fingerprint density at radius 1 is 1.05 bits per heavy atom. The fraction of sp³-hybridized carbons (Fsp3) is 0.588. The van der Waals surface area contributed by atoms with E-state index in [0.29, 0.717) is 11.7 Å². The van der Waals surface area contributed by atoms with Crippen LogP contribution in [0, 0.1) is 5.92 Å². The van der Waals surface area contributed by atoms with Crippen molar-refractivity contribution in [2.45, 2.75) is 44.9 Å². The second-order valence-electron chi connectivity index (χ2n) is 5.95. The zero-order chi connectivity index (χ0) is 13.8. The number of rotatable bonds is 3. The van der Waals surface area contributed by atoms with Gasteiger partial charge in [0.15, 0.2) is 0 Å². The fourth-order valence-corrected chi connectivity index (χ4v) is 3.21. The number of hydrogen-bond donors (Lipinski definition) is 0. The highest BCUT2D eigenvalue weighted by Gasteiger charge is 2.28. The molecule has 0 heterocycles. The van der Waals surface area contributed by atoms with Gasteiger partial charge in [-0.1, -0.05) is 31.4 Å². The molecule has 1 aromatic rings. The van der Waals surface area contributed by atoms with Crippen LogP contribution in [-0.2, 0) is 4.79 Å².